The molecule has 1 fully saturated rings. The summed E-state index contributed by atoms with van der Waals surface area (Å²) in [4.78, 5) is 37.4. The van der Waals surface area contributed by atoms with Crippen LogP contribution in [0.15, 0.2) is 52.2 Å². The summed E-state index contributed by atoms with van der Waals surface area (Å²) in [5.41, 5.74) is -0.786. The first-order valence-corrected chi connectivity index (χ1v) is 8.06. The number of carbonyl (C=O) groups excluding carboxylic acids is 1. The quantitative estimate of drug-likeness (QED) is 0.853. The third-order valence-corrected chi connectivity index (χ3v) is 4.43. The molecule has 1 saturated heterocycles. The maximum absolute atomic E-state index is 12.1. The Morgan fingerprint density at radius 1 is 1.28 bits per heavy atom. The van der Waals surface area contributed by atoms with Crippen LogP contribution in [0.4, 0.5) is 0 Å². The van der Waals surface area contributed by atoms with E-state index in [-0.39, 0.29) is 18.1 Å². The van der Waals surface area contributed by atoms with Crippen molar-refractivity contribution in [3.8, 4) is 0 Å². The Hall–Kier alpha value is -2.67. The van der Waals surface area contributed by atoms with Crippen LogP contribution in [-0.2, 0) is 9.47 Å². The largest absolute Gasteiger partial charge is 0.459 e. The Morgan fingerprint density at radius 2 is 2.00 bits per heavy atom. The molecular weight excluding hydrogens is 324 g/mol. The van der Waals surface area contributed by atoms with Crippen molar-refractivity contribution in [3.63, 3.8) is 0 Å². The highest BCUT2D eigenvalue weighted by Crippen LogP contribution is 2.42. The molecule has 0 saturated carbocycles. The van der Waals surface area contributed by atoms with Crippen LogP contribution in [0.5, 0.6) is 0 Å². The van der Waals surface area contributed by atoms with Gasteiger partial charge >= 0.3 is 11.7 Å². The lowest BCUT2D eigenvalue weighted by atomic mass is 9.85. The third kappa shape index (κ3) is 3.71. The zero-order chi connectivity index (χ0) is 18.0. The molecule has 1 aromatic heterocycles. The molecule has 0 spiro atoms. The lowest BCUT2D eigenvalue weighted by Gasteiger charge is -2.24. The van der Waals surface area contributed by atoms with Crippen LogP contribution in [0.1, 0.15) is 36.9 Å². The number of esters is 1. The van der Waals surface area contributed by atoms with Gasteiger partial charge in [0.2, 0.25) is 0 Å². The van der Waals surface area contributed by atoms with E-state index < -0.39 is 23.4 Å². The summed E-state index contributed by atoms with van der Waals surface area (Å²) >= 11 is 0. The van der Waals surface area contributed by atoms with Gasteiger partial charge in [-0.25, -0.2) is 9.59 Å². The highest BCUT2D eigenvalue weighted by molar-refractivity contribution is 5.89. The molecule has 0 amide bonds. The van der Waals surface area contributed by atoms with E-state index in [0.717, 1.165) is 0 Å². The number of ether oxygens (including phenoxy) is 2. The fraction of sp³-hybridized carbons (Fsp3) is 0.389. The molecule has 0 aliphatic carbocycles. The van der Waals surface area contributed by atoms with Crippen molar-refractivity contribution in [2.75, 3.05) is 6.61 Å². The van der Waals surface area contributed by atoms with Crippen LogP contribution in [0, 0.1) is 5.41 Å². The second-order valence-electron chi connectivity index (χ2n) is 6.75. The van der Waals surface area contributed by atoms with Gasteiger partial charge in [0.15, 0.2) is 0 Å². The first kappa shape index (κ1) is 17.2. The summed E-state index contributed by atoms with van der Waals surface area (Å²) in [5, 5.41) is 0. The molecule has 2 aromatic rings. The minimum atomic E-state index is -0.518. The number of H-pyrrole nitrogens is 1. The Bertz CT molecular complexity index is 869. The van der Waals surface area contributed by atoms with Gasteiger partial charge in [0, 0.05) is 18.7 Å². The minimum Gasteiger partial charge on any atom is -0.459 e. The Kier molecular flexibility index (Phi) is 4.59. The predicted molar refractivity (Wildman–Crippen MR) is 90.4 cm³/mol. The van der Waals surface area contributed by atoms with Gasteiger partial charge in [-0.2, -0.15) is 0 Å². The van der Waals surface area contributed by atoms with Crippen molar-refractivity contribution in [1.29, 1.82) is 0 Å². The number of nitrogens with one attached hydrogen (secondary N) is 1. The molecule has 2 atom stereocenters. The third-order valence-electron chi connectivity index (χ3n) is 4.43. The second kappa shape index (κ2) is 6.68. The number of aromatic amines is 1. The van der Waals surface area contributed by atoms with Gasteiger partial charge in [-0.05, 0) is 17.5 Å². The highest BCUT2D eigenvalue weighted by Gasteiger charge is 2.43. The van der Waals surface area contributed by atoms with Gasteiger partial charge < -0.3 is 9.47 Å². The maximum Gasteiger partial charge on any atom is 0.338 e. The molecule has 7 nitrogen and oxygen atoms in total. The van der Waals surface area contributed by atoms with Crippen molar-refractivity contribution in [2.24, 2.45) is 5.41 Å². The predicted octanol–water partition coefficient (Wildman–Crippen LogP) is 1.71. The average molecular weight is 344 g/mol. The van der Waals surface area contributed by atoms with Gasteiger partial charge in [0.05, 0.1) is 11.7 Å². The van der Waals surface area contributed by atoms with Gasteiger partial charge in [-0.3, -0.25) is 14.3 Å². The van der Waals surface area contributed by atoms with Gasteiger partial charge in [-0.1, -0.05) is 32.0 Å². The Balaban J connectivity index is 1.69. The molecule has 132 valence electrons. The summed E-state index contributed by atoms with van der Waals surface area (Å²) in [5.74, 6) is -0.412. The van der Waals surface area contributed by atoms with Gasteiger partial charge in [-0.15, -0.1) is 0 Å². The van der Waals surface area contributed by atoms with E-state index in [1.807, 2.05) is 19.9 Å². The number of aromatic nitrogens is 2. The number of rotatable bonds is 4. The number of hydrogen-bond donors (Lipinski definition) is 1. The van der Waals surface area contributed by atoms with Crippen LogP contribution < -0.4 is 11.2 Å². The summed E-state index contributed by atoms with van der Waals surface area (Å²) < 4.78 is 12.7. The summed E-state index contributed by atoms with van der Waals surface area (Å²) in [6, 6.07) is 10.0. The van der Waals surface area contributed by atoms with Crippen LogP contribution in [0.2, 0.25) is 0 Å². The van der Waals surface area contributed by atoms with Crippen LogP contribution in [-0.4, -0.2) is 28.2 Å². The van der Waals surface area contributed by atoms with Crippen LogP contribution in [0.25, 0.3) is 0 Å². The molecule has 1 aliphatic heterocycles. The number of carbonyl (C=O) groups is 1. The highest BCUT2D eigenvalue weighted by atomic mass is 16.6. The molecule has 1 N–H and O–H groups in total. The van der Waals surface area contributed by atoms with Crippen LogP contribution >= 0.6 is 0 Å². The molecule has 2 unspecified atom stereocenters. The molecule has 1 aliphatic rings. The van der Waals surface area contributed by atoms with Crippen molar-refractivity contribution < 1.29 is 14.3 Å². The van der Waals surface area contributed by atoms with Crippen LogP contribution in [0.3, 0.4) is 0 Å². The molecule has 7 heteroatoms. The van der Waals surface area contributed by atoms with E-state index >= 15 is 0 Å². The zero-order valence-corrected chi connectivity index (χ0v) is 14.1. The van der Waals surface area contributed by atoms with Crippen molar-refractivity contribution in [1.82, 2.24) is 9.55 Å². The SMILES string of the molecule is CC1(C)CC(n2ccc(=O)[nH]c2=O)OC1COC(=O)c1ccccc1. The molecule has 0 radical (unpaired) electrons. The number of benzene rings is 1. The van der Waals surface area contributed by atoms with Crippen molar-refractivity contribution in [3.05, 3.63) is 69.0 Å². The van der Waals surface area contributed by atoms with E-state index in [1.54, 1.807) is 24.3 Å². The smallest absolute Gasteiger partial charge is 0.338 e. The average Bonchev–Trinajstić information content (AvgIpc) is 2.87. The summed E-state index contributed by atoms with van der Waals surface area (Å²) in [7, 11) is 0. The van der Waals surface area contributed by atoms with E-state index in [9.17, 15) is 14.4 Å². The van der Waals surface area contributed by atoms with Crippen molar-refractivity contribution >= 4 is 5.97 Å². The number of hydrogen-bond acceptors (Lipinski definition) is 5. The first-order valence-electron chi connectivity index (χ1n) is 8.06. The Morgan fingerprint density at radius 3 is 2.68 bits per heavy atom. The van der Waals surface area contributed by atoms with E-state index in [4.69, 9.17) is 9.47 Å². The summed E-state index contributed by atoms with van der Waals surface area (Å²) in [6.45, 7) is 4.07. The zero-order valence-electron chi connectivity index (χ0n) is 14.1. The normalized spacial score (nSPS) is 21.8. The number of nitrogens with zero attached hydrogens (tertiary/aromatic N) is 1. The lowest BCUT2D eigenvalue weighted by Crippen LogP contribution is -2.32. The molecule has 2 heterocycles. The lowest BCUT2D eigenvalue weighted by molar-refractivity contribution is -0.0507. The van der Waals surface area contributed by atoms with E-state index in [2.05, 4.69) is 4.98 Å². The Labute approximate surface area is 144 Å². The van der Waals surface area contributed by atoms with E-state index in [0.29, 0.717) is 12.0 Å². The topological polar surface area (TPSA) is 90.4 Å². The van der Waals surface area contributed by atoms with Gasteiger partial charge in [0.25, 0.3) is 5.56 Å². The standard InChI is InChI=1S/C18H20N2O5/c1-18(2)10-15(20-9-8-14(21)19-17(20)23)25-13(18)11-24-16(22)12-6-4-3-5-7-12/h3-9,13,15H,10-11H2,1-2H3,(H,19,21,23). The second-order valence-corrected chi connectivity index (χ2v) is 6.75. The fourth-order valence-corrected chi connectivity index (χ4v) is 2.90. The monoisotopic (exact) mass is 344 g/mol. The molecule has 3 rings (SSSR count). The molecule has 1 aromatic carbocycles. The minimum absolute atomic E-state index is 0.0926. The van der Waals surface area contributed by atoms with Crippen molar-refractivity contribution in [2.45, 2.75) is 32.6 Å². The first-order chi connectivity index (χ1) is 11.9. The van der Waals surface area contributed by atoms with E-state index in [1.165, 1.54) is 16.8 Å². The van der Waals surface area contributed by atoms with Gasteiger partial charge in [0.1, 0.15) is 12.8 Å². The fourth-order valence-electron chi connectivity index (χ4n) is 2.90. The maximum atomic E-state index is 12.1. The molecule has 25 heavy (non-hydrogen) atoms. The molecule has 0 bridgehead atoms. The summed E-state index contributed by atoms with van der Waals surface area (Å²) in [6.07, 6.45) is 1.11. The molecular formula is C18H20N2O5.